The second-order valence-corrected chi connectivity index (χ2v) is 3.72. The zero-order chi connectivity index (χ0) is 9.61. The maximum Gasteiger partial charge on any atom is 0.330 e. The number of hydrogen-bond acceptors (Lipinski definition) is 3. The van der Waals surface area contributed by atoms with Gasteiger partial charge in [0.1, 0.15) is 6.61 Å². The Balaban J connectivity index is 3.40. The van der Waals surface area contributed by atoms with E-state index >= 15 is 0 Å². The third-order valence-electron chi connectivity index (χ3n) is 0.872. The summed E-state index contributed by atoms with van der Waals surface area (Å²) in [4.78, 5) is 10.4. The van der Waals surface area contributed by atoms with Crippen LogP contribution < -0.4 is 16.1 Å². The van der Waals surface area contributed by atoms with Crippen molar-refractivity contribution in [1.82, 2.24) is 5.09 Å². The van der Waals surface area contributed by atoms with Crippen LogP contribution in [0.2, 0.25) is 0 Å². The van der Waals surface area contributed by atoms with Gasteiger partial charge >= 0.3 is 5.97 Å². The summed E-state index contributed by atoms with van der Waals surface area (Å²) in [6.07, 6.45) is 1.03. The van der Waals surface area contributed by atoms with Gasteiger partial charge < -0.3 is 4.74 Å². The number of carbonyl (C=O) groups excluding carboxylic acids is 1. The van der Waals surface area contributed by atoms with Gasteiger partial charge in [0.25, 0.3) is 7.59 Å². The predicted molar refractivity (Wildman–Crippen MR) is 45.1 cm³/mol. The molecule has 7 heteroatoms. The number of rotatable bonds is 5. The Morgan fingerprint density at radius 2 is 2.25 bits per heavy atom. The van der Waals surface area contributed by atoms with Crippen molar-refractivity contribution in [1.29, 1.82) is 0 Å². The van der Waals surface area contributed by atoms with Crippen LogP contribution >= 0.6 is 7.59 Å². The number of nitrogens with one attached hydrogen (secondary N) is 1. The van der Waals surface area contributed by atoms with Crippen molar-refractivity contribution in [3.05, 3.63) is 12.7 Å². The largest absolute Gasteiger partial charge is 0.461 e. The van der Waals surface area contributed by atoms with E-state index < -0.39 is 13.6 Å². The van der Waals surface area contributed by atoms with Crippen LogP contribution in [0.1, 0.15) is 0 Å². The average molecular weight is 193 g/mol. The minimum absolute atomic E-state index is 0.0588. The van der Waals surface area contributed by atoms with Gasteiger partial charge in [0.05, 0.1) is 0 Å². The number of nitrogens with two attached hydrogens (primary N) is 2. The molecule has 0 fully saturated rings. The van der Waals surface area contributed by atoms with Gasteiger partial charge in [0.2, 0.25) is 0 Å². The Bertz CT molecular complexity index is 212. The predicted octanol–water partition coefficient (Wildman–Crippen LogP) is -0.669. The van der Waals surface area contributed by atoms with E-state index in [1.165, 1.54) is 0 Å². The van der Waals surface area contributed by atoms with Crippen LogP contribution in [-0.2, 0) is 14.1 Å². The zero-order valence-corrected chi connectivity index (χ0v) is 7.42. The summed E-state index contributed by atoms with van der Waals surface area (Å²) >= 11 is 0. The Labute approximate surface area is 70.5 Å². The molecule has 0 rings (SSSR count). The van der Waals surface area contributed by atoms with Crippen molar-refractivity contribution in [3.63, 3.8) is 0 Å². The van der Waals surface area contributed by atoms with E-state index in [-0.39, 0.29) is 13.2 Å². The molecule has 5 N–H and O–H groups in total. The molecular weight excluding hydrogens is 181 g/mol. The molecule has 0 atom stereocenters. The van der Waals surface area contributed by atoms with Crippen molar-refractivity contribution in [2.24, 2.45) is 11.0 Å². The van der Waals surface area contributed by atoms with Gasteiger partial charge in [-0.25, -0.2) is 9.88 Å². The summed E-state index contributed by atoms with van der Waals surface area (Å²) in [5.74, 6) is -0.541. The van der Waals surface area contributed by atoms with Gasteiger partial charge in [-0.2, -0.15) is 0 Å². The molecule has 0 aliphatic rings. The highest BCUT2D eigenvalue weighted by atomic mass is 31.2. The van der Waals surface area contributed by atoms with E-state index in [0.717, 1.165) is 6.08 Å². The molecule has 0 saturated carbocycles. The van der Waals surface area contributed by atoms with Crippen LogP contribution in [-0.4, -0.2) is 19.1 Å². The summed E-state index contributed by atoms with van der Waals surface area (Å²) in [6, 6.07) is 0. The van der Waals surface area contributed by atoms with Gasteiger partial charge in [-0.1, -0.05) is 6.58 Å². The summed E-state index contributed by atoms with van der Waals surface area (Å²) in [6.45, 7) is 3.40. The highest BCUT2D eigenvalue weighted by Crippen LogP contribution is 2.15. The number of hydrogen-bond donors (Lipinski definition) is 3. The molecule has 0 bridgehead atoms. The standard InChI is InChI=1S/C5H12N3O3P/c1-2-5(9)11-4-3-8-12(6,7)10/h2H,1,3-4H2,(H5,6,7,8,10). The topological polar surface area (TPSA) is 107 Å². The van der Waals surface area contributed by atoms with Crippen LogP contribution in [0.4, 0.5) is 0 Å². The van der Waals surface area contributed by atoms with Gasteiger partial charge in [-0.15, -0.1) is 0 Å². The smallest absolute Gasteiger partial charge is 0.330 e. The first-order valence-electron chi connectivity index (χ1n) is 3.17. The van der Waals surface area contributed by atoms with Crippen molar-refractivity contribution < 1.29 is 14.1 Å². The van der Waals surface area contributed by atoms with E-state index in [2.05, 4.69) is 16.4 Å². The molecule has 0 heterocycles. The Kier molecular flexibility index (Phi) is 4.77. The molecule has 0 aliphatic carbocycles. The molecule has 70 valence electrons. The molecule has 0 aliphatic heterocycles. The minimum Gasteiger partial charge on any atom is -0.461 e. The molecule has 0 aromatic rings. The van der Waals surface area contributed by atoms with Gasteiger partial charge in [0.15, 0.2) is 0 Å². The minimum atomic E-state index is -3.20. The third kappa shape index (κ3) is 7.43. The highest BCUT2D eigenvalue weighted by molar-refractivity contribution is 7.56. The molecule has 0 aromatic heterocycles. The quantitative estimate of drug-likeness (QED) is 0.231. The van der Waals surface area contributed by atoms with E-state index in [4.69, 9.17) is 11.0 Å². The lowest BCUT2D eigenvalue weighted by molar-refractivity contribution is -0.137. The lowest BCUT2D eigenvalue weighted by Gasteiger charge is -2.07. The molecule has 0 saturated heterocycles. The second-order valence-electron chi connectivity index (χ2n) is 1.99. The van der Waals surface area contributed by atoms with Gasteiger partial charge in [-0.3, -0.25) is 15.6 Å². The molecule has 0 unspecified atom stereocenters. The van der Waals surface area contributed by atoms with E-state index in [0.29, 0.717) is 0 Å². The van der Waals surface area contributed by atoms with Gasteiger partial charge in [-0.05, 0) is 0 Å². The van der Waals surface area contributed by atoms with Crippen LogP contribution in [0.15, 0.2) is 12.7 Å². The van der Waals surface area contributed by atoms with Crippen LogP contribution in [0.3, 0.4) is 0 Å². The third-order valence-corrected chi connectivity index (χ3v) is 1.59. The zero-order valence-electron chi connectivity index (χ0n) is 6.53. The second kappa shape index (κ2) is 5.05. The average Bonchev–Trinajstić information content (AvgIpc) is 1.96. The summed E-state index contributed by atoms with van der Waals surface area (Å²) in [5.41, 5.74) is 9.89. The number of carbonyl (C=O) groups is 1. The molecule has 0 radical (unpaired) electrons. The summed E-state index contributed by atoms with van der Waals surface area (Å²) in [7, 11) is -3.20. The first-order chi connectivity index (χ1) is 5.45. The fraction of sp³-hybridized carbons (Fsp3) is 0.400. The van der Waals surface area contributed by atoms with Crippen molar-refractivity contribution in [3.8, 4) is 0 Å². The van der Waals surface area contributed by atoms with Crippen molar-refractivity contribution >= 4 is 13.6 Å². The normalized spacial score (nSPS) is 10.8. The molecular formula is C5H12N3O3P. The first kappa shape index (κ1) is 11.3. The summed E-state index contributed by atoms with van der Waals surface area (Å²) in [5, 5.41) is 2.30. The lowest BCUT2D eigenvalue weighted by atomic mass is 10.6. The number of esters is 1. The van der Waals surface area contributed by atoms with Crippen molar-refractivity contribution in [2.45, 2.75) is 0 Å². The fourth-order valence-electron chi connectivity index (χ4n) is 0.431. The number of ether oxygens (including phenoxy) is 1. The molecule has 12 heavy (non-hydrogen) atoms. The molecule has 6 nitrogen and oxygen atoms in total. The Morgan fingerprint density at radius 1 is 1.67 bits per heavy atom. The van der Waals surface area contributed by atoms with Gasteiger partial charge in [0, 0.05) is 12.6 Å². The maximum absolute atomic E-state index is 10.6. The van der Waals surface area contributed by atoms with Crippen LogP contribution in [0, 0.1) is 0 Å². The summed E-state index contributed by atoms with van der Waals surface area (Å²) < 4.78 is 15.1. The van der Waals surface area contributed by atoms with Crippen molar-refractivity contribution in [2.75, 3.05) is 13.2 Å². The Hall–Kier alpha value is -0.680. The Morgan fingerprint density at radius 3 is 2.67 bits per heavy atom. The van der Waals surface area contributed by atoms with E-state index in [1.807, 2.05) is 0 Å². The molecule has 0 spiro atoms. The fourth-order valence-corrected chi connectivity index (χ4v) is 0.872. The maximum atomic E-state index is 10.6. The molecule has 0 amide bonds. The van der Waals surface area contributed by atoms with Crippen LogP contribution in [0.5, 0.6) is 0 Å². The lowest BCUT2D eigenvalue weighted by Crippen LogP contribution is -2.26. The SMILES string of the molecule is C=CC(=O)OCCNP(N)(N)=O. The van der Waals surface area contributed by atoms with E-state index in [1.54, 1.807) is 0 Å². The highest BCUT2D eigenvalue weighted by Gasteiger charge is 2.05. The van der Waals surface area contributed by atoms with Crippen LogP contribution in [0.25, 0.3) is 0 Å². The first-order valence-corrected chi connectivity index (χ1v) is 5.02. The monoisotopic (exact) mass is 193 g/mol. The molecule has 0 aromatic carbocycles. The van der Waals surface area contributed by atoms with E-state index in [9.17, 15) is 9.36 Å².